The van der Waals surface area contributed by atoms with Crippen LogP contribution < -0.4 is 10.6 Å². The zero-order valence-corrected chi connectivity index (χ0v) is 18.8. The van der Waals surface area contributed by atoms with Gasteiger partial charge in [-0.1, -0.05) is 54.2 Å². The Kier molecular flexibility index (Phi) is 7.93. The highest BCUT2D eigenvalue weighted by Crippen LogP contribution is 2.45. The summed E-state index contributed by atoms with van der Waals surface area (Å²) in [6.45, 7) is -0.189. The van der Waals surface area contributed by atoms with Gasteiger partial charge in [0.25, 0.3) is 11.6 Å². The highest BCUT2D eigenvalue weighted by atomic mass is 35.5. The van der Waals surface area contributed by atoms with Crippen LogP contribution >= 0.6 is 46.3 Å². The molecule has 8 nitrogen and oxygen atoms in total. The summed E-state index contributed by atoms with van der Waals surface area (Å²) in [6, 6.07) is 1.33. The van der Waals surface area contributed by atoms with Gasteiger partial charge in [-0.25, -0.2) is 0 Å². The fraction of sp³-hybridized carbons (Fsp3) is 0.389. The lowest BCUT2D eigenvalue weighted by molar-refractivity contribution is -0.387. The number of aromatic nitrogens is 1. The van der Waals surface area contributed by atoms with Crippen molar-refractivity contribution < 1.29 is 14.5 Å². The number of nitrogens with one attached hydrogen (secondary N) is 2. The molecule has 2 heterocycles. The molecule has 0 radical (unpaired) electrons. The van der Waals surface area contributed by atoms with E-state index in [9.17, 15) is 19.7 Å². The molecule has 1 aliphatic rings. The Balaban J connectivity index is 1.67. The molecule has 1 saturated carbocycles. The molecule has 0 saturated heterocycles. The molecule has 2 N–H and O–H groups in total. The summed E-state index contributed by atoms with van der Waals surface area (Å²) in [6.07, 6.45) is 8.00. The molecular weight excluding hydrogens is 471 g/mol. The molecule has 0 spiro atoms. The van der Waals surface area contributed by atoms with Gasteiger partial charge in [0.2, 0.25) is 5.91 Å². The molecule has 0 aromatic carbocycles. The van der Waals surface area contributed by atoms with Crippen molar-refractivity contribution in [2.45, 2.75) is 47.3 Å². The van der Waals surface area contributed by atoms with Crippen molar-refractivity contribution in [3.63, 3.8) is 0 Å². The van der Waals surface area contributed by atoms with Crippen molar-refractivity contribution >= 4 is 63.8 Å². The third kappa shape index (κ3) is 5.84. The number of pyridine rings is 1. The molecule has 2 aromatic rings. The van der Waals surface area contributed by atoms with E-state index >= 15 is 0 Å². The van der Waals surface area contributed by atoms with E-state index in [0.717, 1.165) is 48.8 Å². The van der Waals surface area contributed by atoms with Gasteiger partial charge in [0.1, 0.15) is 9.09 Å². The molecule has 0 atom stereocenters. The fourth-order valence-electron chi connectivity index (χ4n) is 3.04. The van der Waals surface area contributed by atoms with Crippen molar-refractivity contribution in [3.8, 4) is 0 Å². The molecule has 1 fully saturated rings. The first-order valence-corrected chi connectivity index (χ1v) is 11.6. The maximum absolute atomic E-state index is 12.4. The maximum atomic E-state index is 12.4. The molecule has 3 rings (SSSR count). The Hall–Kier alpha value is -1.88. The molecule has 2 aromatic heterocycles. The Morgan fingerprint density at radius 1 is 1.23 bits per heavy atom. The van der Waals surface area contributed by atoms with Gasteiger partial charge in [-0.05, 0) is 12.8 Å². The lowest BCUT2D eigenvalue weighted by Gasteiger charge is -2.22. The van der Waals surface area contributed by atoms with Crippen molar-refractivity contribution in [2.75, 3.05) is 6.54 Å². The minimum atomic E-state index is -0.575. The van der Waals surface area contributed by atoms with E-state index in [1.54, 1.807) is 0 Å². The van der Waals surface area contributed by atoms with Gasteiger partial charge in [0, 0.05) is 24.5 Å². The summed E-state index contributed by atoms with van der Waals surface area (Å²) in [4.78, 5) is 39.8. The van der Waals surface area contributed by atoms with E-state index in [1.165, 1.54) is 24.9 Å². The van der Waals surface area contributed by atoms with Crippen LogP contribution in [0.25, 0.3) is 0 Å². The number of thiophene rings is 1. The van der Waals surface area contributed by atoms with Gasteiger partial charge < -0.3 is 10.6 Å². The van der Waals surface area contributed by atoms with Crippen LogP contribution in [-0.2, 0) is 4.79 Å². The molecule has 160 valence electrons. The number of nitrogens with zero attached hydrogens (tertiary/aromatic N) is 2. The van der Waals surface area contributed by atoms with Gasteiger partial charge >= 0.3 is 0 Å². The predicted octanol–water partition coefficient (Wildman–Crippen LogP) is 4.69. The largest absolute Gasteiger partial charge is 0.352 e. The van der Waals surface area contributed by atoms with Crippen LogP contribution in [0.2, 0.25) is 10.0 Å². The van der Waals surface area contributed by atoms with E-state index in [1.807, 2.05) is 0 Å². The van der Waals surface area contributed by atoms with E-state index in [-0.39, 0.29) is 43.3 Å². The second kappa shape index (κ2) is 10.4. The topological polar surface area (TPSA) is 114 Å². The van der Waals surface area contributed by atoms with Gasteiger partial charge in [-0.15, -0.1) is 11.3 Å². The molecular formula is C18H18Cl2N4O4S2. The minimum absolute atomic E-state index is 0.121. The van der Waals surface area contributed by atoms with Gasteiger partial charge in [0.05, 0.1) is 26.4 Å². The third-order valence-corrected chi connectivity index (χ3v) is 7.74. The maximum Gasteiger partial charge on any atom is 0.294 e. The lowest BCUT2D eigenvalue weighted by Crippen LogP contribution is -2.42. The van der Waals surface area contributed by atoms with E-state index in [4.69, 9.17) is 23.2 Å². The van der Waals surface area contributed by atoms with Crippen LogP contribution in [0.5, 0.6) is 0 Å². The number of halogens is 2. The SMILES string of the molecule is O=C(CNC(=O)c1cc([N+](=O)[O-])c(Sc2c(Cl)cncc2Cl)s1)NC1CCCCC1. The van der Waals surface area contributed by atoms with Crippen LogP contribution in [0.15, 0.2) is 27.6 Å². The molecule has 1 aliphatic carbocycles. The Morgan fingerprint density at radius 3 is 2.53 bits per heavy atom. The van der Waals surface area contributed by atoms with Crippen LogP contribution in [-0.4, -0.2) is 34.3 Å². The molecule has 12 heteroatoms. The van der Waals surface area contributed by atoms with Crippen LogP contribution in [0.3, 0.4) is 0 Å². The van der Waals surface area contributed by atoms with Crippen LogP contribution in [0, 0.1) is 10.1 Å². The number of hydrogen-bond donors (Lipinski definition) is 2. The Morgan fingerprint density at radius 2 is 1.90 bits per heavy atom. The lowest BCUT2D eigenvalue weighted by atomic mass is 9.95. The first-order valence-electron chi connectivity index (χ1n) is 9.17. The third-order valence-electron chi connectivity index (χ3n) is 4.48. The van der Waals surface area contributed by atoms with Crippen molar-refractivity contribution in [1.82, 2.24) is 15.6 Å². The number of hydrogen-bond acceptors (Lipinski definition) is 7. The number of rotatable bonds is 7. The highest BCUT2D eigenvalue weighted by molar-refractivity contribution is 8.01. The smallest absolute Gasteiger partial charge is 0.294 e. The average molecular weight is 489 g/mol. The first-order chi connectivity index (χ1) is 14.3. The zero-order valence-electron chi connectivity index (χ0n) is 15.7. The summed E-state index contributed by atoms with van der Waals surface area (Å²) in [5.41, 5.74) is -0.231. The summed E-state index contributed by atoms with van der Waals surface area (Å²) < 4.78 is 0.256. The van der Waals surface area contributed by atoms with Crippen LogP contribution in [0.4, 0.5) is 5.69 Å². The summed E-state index contributed by atoms with van der Waals surface area (Å²) in [7, 11) is 0. The summed E-state index contributed by atoms with van der Waals surface area (Å²) in [5, 5.41) is 17.4. The van der Waals surface area contributed by atoms with E-state index < -0.39 is 10.8 Å². The first kappa shape index (κ1) is 22.8. The average Bonchev–Trinajstić information content (AvgIpc) is 3.14. The zero-order chi connectivity index (χ0) is 21.7. The van der Waals surface area contributed by atoms with E-state index in [2.05, 4.69) is 15.6 Å². The molecule has 0 bridgehead atoms. The predicted molar refractivity (Wildman–Crippen MR) is 117 cm³/mol. The summed E-state index contributed by atoms with van der Waals surface area (Å²) in [5.74, 6) is -0.827. The van der Waals surface area contributed by atoms with Crippen molar-refractivity contribution in [3.05, 3.63) is 43.5 Å². The highest BCUT2D eigenvalue weighted by Gasteiger charge is 2.25. The number of carbonyl (C=O) groups is 2. The Bertz CT molecular complexity index is 943. The van der Waals surface area contributed by atoms with E-state index in [0.29, 0.717) is 4.90 Å². The van der Waals surface area contributed by atoms with Gasteiger partial charge in [0.15, 0.2) is 0 Å². The minimum Gasteiger partial charge on any atom is -0.352 e. The molecule has 0 aliphatic heterocycles. The van der Waals surface area contributed by atoms with Gasteiger partial charge in [-0.2, -0.15) is 0 Å². The number of amides is 2. The quantitative estimate of drug-likeness (QED) is 0.431. The van der Waals surface area contributed by atoms with Crippen molar-refractivity contribution in [1.29, 1.82) is 0 Å². The fourth-order valence-corrected chi connectivity index (χ4v) is 5.82. The standard InChI is InChI=1S/C18H18Cl2N4O4S2/c19-11-7-21-8-12(20)16(11)30-18-13(24(27)28)6-14(29-18)17(26)22-9-15(25)23-10-4-2-1-3-5-10/h6-8,10H,1-5,9H2,(H,22,26)(H,23,25). The van der Waals surface area contributed by atoms with Gasteiger partial charge in [-0.3, -0.25) is 24.7 Å². The monoisotopic (exact) mass is 488 g/mol. The Labute approximate surface area is 190 Å². The normalized spacial score (nSPS) is 14.3. The second-order valence-electron chi connectivity index (χ2n) is 6.66. The second-order valence-corrected chi connectivity index (χ2v) is 9.81. The summed E-state index contributed by atoms with van der Waals surface area (Å²) >= 11 is 14.1. The molecule has 2 amide bonds. The van der Waals surface area contributed by atoms with Crippen LogP contribution in [0.1, 0.15) is 41.8 Å². The number of carbonyl (C=O) groups excluding carboxylic acids is 2. The number of nitro groups is 1. The molecule has 0 unspecified atom stereocenters. The van der Waals surface area contributed by atoms with Crippen molar-refractivity contribution in [2.24, 2.45) is 0 Å². The molecule has 30 heavy (non-hydrogen) atoms.